The van der Waals surface area contributed by atoms with E-state index in [0.717, 1.165) is 16.4 Å². The molecule has 0 heterocycles. The van der Waals surface area contributed by atoms with Crippen LogP contribution in [0.25, 0.3) is 0 Å². The number of amides is 1. The number of anilines is 2. The van der Waals surface area contributed by atoms with Gasteiger partial charge < -0.3 is 5.32 Å². The summed E-state index contributed by atoms with van der Waals surface area (Å²) in [5.41, 5.74) is -0.505. The lowest BCUT2D eigenvalue weighted by molar-refractivity contribution is -0.137. The molecule has 0 aromatic heterocycles. The summed E-state index contributed by atoms with van der Waals surface area (Å²) in [6, 6.07) is 14.3. The molecule has 0 spiro atoms. The fraction of sp³-hybridized carbons (Fsp3) is 0.136. The van der Waals surface area contributed by atoms with E-state index in [9.17, 15) is 26.4 Å². The molecule has 1 amide bonds. The predicted molar refractivity (Wildman–Crippen MR) is 122 cm³/mol. The van der Waals surface area contributed by atoms with Crippen LogP contribution < -0.4 is 9.62 Å². The molecule has 0 bridgehead atoms. The van der Waals surface area contributed by atoms with E-state index in [2.05, 4.69) is 5.32 Å². The monoisotopic (exact) mass is 516 g/mol. The van der Waals surface area contributed by atoms with E-state index < -0.39 is 34.2 Å². The molecule has 3 rings (SSSR count). The zero-order valence-corrected chi connectivity index (χ0v) is 19.4. The lowest BCUT2D eigenvalue weighted by Gasteiger charge is -2.24. The summed E-state index contributed by atoms with van der Waals surface area (Å²) in [4.78, 5) is 12.7. The quantitative estimate of drug-likeness (QED) is 0.426. The summed E-state index contributed by atoms with van der Waals surface area (Å²) in [6.45, 7) is 0.994. The third kappa shape index (κ3) is 5.79. The third-order valence-electron chi connectivity index (χ3n) is 4.63. The van der Waals surface area contributed by atoms with Crippen LogP contribution in [0.3, 0.4) is 0 Å². The molecule has 1 N–H and O–H groups in total. The number of sulfonamides is 1. The molecule has 0 atom stereocenters. The average Bonchev–Trinajstić information content (AvgIpc) is 2.75. The molecule has 3 aromatic carbocycles. The van der Waals surface area contributed by atoms with Crippen LogP contribution in [-0.4, -0.2) is 20.9 Å². The predicted octanol–water partition coefficient (Wildman–Crippen LogP) is 6.15. The molecule has 0 aliphatic rings. The van der Waals surface area contributed by atoms with Crippen molar-refractivity contribution in [2.24, 2.45) is 0 Å². The number of alkyl halides is 3. The number of carbonyl (C=O) groups excluding carboxylic acids is 1. The molecule has 0 radical (unpaired) electrons. The Bertz CT molecular complexity index is 1280. The molecule has 3 aromatic rings. The van der Waals surface area contributed by atoms with Crippen molar-refractivity contribution < 1.29 is 26.4 Å². The van der Waals surface area contributed by atoms with Crippen molar-refractivity contribution in [1.82, 2.24) is 0 Å². The van der Waals surface area contributed by atoms with Gasteiger partial charge in [0, 0.05) is 5.02 Å². The summed E-state index contributed by atoms with van der Waals surface area (Å²) >= 11 is 12.1. The Balaban J connectivity index is 1.97. The molecule has 0 fully saturated rings. The summed E-state index contributed by atoms with van der Waals surface area (Å²) in [7, 11) is -4.21. The molecule has 0 aliphatic heterocycles. The topological polar surface area (TPSA) is 66.5 Å². The third-order valence-corrected chi connectivity index (χ3v) is 7.15. The van der Waals surface area contributed by atoms with E-state index >= 15 is 0 Å². The fourth-order valence-electron chi connectivity index (χ4n) is 2.89. The van der Waals surface area contributed by atoms with E-state index in [-0.39, 0.29) is 26.3 Å². The number of nitrogens with one attached hydrogen (secondary N) is 1. The van der Waals surface area contributed by atoms with Gasteiger partial charge in [0.05, 0.1) is 26.9 Å². The van der Waals surface area contributed by atoms with Crippen LogP contribution in [-0.2, 0) is 21.0 Å². The van der Waals surface area contributed by atoms with E-state index in [0.29, 0.717) is 11.6 Å². The van der Waals surface area contributed by atoms with E-state index in [4.69, 9.17) is 23.2 Å². The molecular weight excluding hydrogens is 500 g/mol. The summed E-state index contributed by atoms with van der Waals surface area (Å²) < 4.78 is 66.5. The van der Waals surface area contributed by atoms with Crippen LogP contribution in [0.15, 0.2) is 71.6 Å². The smallest absolute Gasteiger partial charge is 0.323 e. The number of aryl methyl sites for hydroxylation is 1. The highest BCUT2D eigenvalue weighted by Gasteiger charge is 2.32. The first-order valence-corrected chi connectivity index (χ1v) is 11.6. The zero-order valence-electron chi connectivity index (χ0n) is 17.0. The highest BCUT2D eigenvalue weighted by atomic mass is 35.5. The number of benzene rings is 3. The van der Waals surface area contributed by atoms with Crippen LogP contribution in [0.5, 0.6) is 0 Å². The number of nitrogens with zero attached hydrogens (tertiary/aromatic N) is 1. The maximum Gasteiger partial charge on any atom is 0.416 e. The fourth-order valence-corrected chi connectivity index (χ4v) is 4.66. The molecule has 0 saturated heterocycles. The standard InChI is InChI=1S/C22H17Cl2F3N2O3S/c1-14-7-9-16(12-19(14)24)29(33(31,32)17-5-3-2-4-6-17)13-21(30)28-20-11-15(22(25,26)27)8-10-18(20)23/h2-12H,13H2,1H3,(H,28,30). The molecular formula is C22H17Cl2F3N2O3S. The second-order valence-corrected chi connectivity index (χ2v) is 9.68. The minimum Gasteiger partial charge on any atom is -0.323 e. The highest BCUT2D eigenvalue weighted by Crippen LogP contribution is 2.34. The molecule has 0 unspecified atom stereocenters. The first kappa shape index (κ1) is 24.9. The zero-order chi connectivity index (χ0) is 24.4. The number of carbonyl (C=O) groups is 1. The van der Waals surface area contributed by atoms with Gasteiger partial charge in [-0.05, 0) is 55.0 Å². The number of hydrogen-bond acceptors (Lipinski definition) is 3. The van der Waals surface area contributed by atoms with Gasteiger partial charge in [0.25, 0.3) is 10.0 Å². The lowest BCUT2D eigenvalue weighted by Crippen LogP contribution is -2.38. The second kappa shape index (κ2) is 9.62. The van der Waals surface area contributed by atoms with Crippen LogP contribution in [0, 0.1) is 6.92 Å². The molecule has 0 saturated carbocycles. The first-order chi connectivity index (χ1) is 15.4. The van der Waals surface area contributed by atoms with Crippen molar-refractivity contribution in [3.05, 3.63) is 87.9 Å². The summed E-state index contributed by atoms with van der Waals surface area (Å²) in [5.74, 6) is -0.896. The Morgan fingerprint density at radius 2 is 1.64 bits per heavy atom. The maximum absolute atomic E-state index is 13.3. The van der Waals surface area contributed by atoms with E-state index in [1.807, 2.05) is 0 Å². The maximum atomic E-state index is 13.3. The van der Waals surface area contributed by atoms with Crippen LogP contribution in [0.2, 0.25) is 10.0 Å². The molecule has 33 heavy (non-hydrogen) atoms. The van der Waals surface area contributed by atoms with Gasteiger partial charge in [0.2, 0.25) is 5.91 Å². The van der Waals surface area contributed by atoms with E-state index in [1.165, 1.54) is 36.4 Å². The van der Waals surface area contributed by atoms with E-state index in [1.54, 1.807) is 19.1 Å². The van der Waals surface area contributed by atoms with Gasteiger partial charge in [-0.3, -0.25) is 9.10 Å². The Kier molecular flexibility index (Phi) is 7.26. The average molecular weight is 517 g/mol. The largest absolute Gasteiger partial charge is 0.416 e. The van der Waals surface area contributed by atoms with Crippen LogP contribution in [0.1, 0.15) is 11.1 Å². The Morgan fingerprint density at radius 1 is 0.970 bits per heavy atom. The molecule has 11 heteroatoms. The lowest BCUT2D eigenvalue weighted by atomic mass is 10.2. The number of rotatable bonds is 6. The number of hydrogen-bond donors (Lipinski definition) is 1. The summed E-state index contributed by atoms with van der Waals surface area (Å²) in [5, 5.41) is 2.41. The van der Waals surface area contributed by atoms with Crippen molar-refractivity contribution in [2.75, 3.05) is 16.2 Å². The van der Waals surface area contributed by atoms with Gasteiger partial charge in [-0.2, -0.15) is 13.2 Å². The number of halogens is 5. The van der Waals surface area contributed by atoms with Crippen molar-refractivity contribution in [3.63, 3.8) is 0 Å². The highest BCUT2D eigenvalue weighted by molar-refractivity contribution is 7.92. The van der Waals surface area contributed by atoms with Gasteiger partial charge >= 0.3 is 6.18 Å². The van der Waals surface area contributed by atoms with Gasteiger partial charge in [-0.1, -0.05) is 47.5 Å². The molecule has 0 aliphatic carbocycles. The van der Waals surface area contributed by atoms with Gasteiger partial charge in [0.1, 0.15) is 6.54 Å². The van der Waals surface area contributed by atoms with Crippen molar-refractivity contribution in [2.45, 2.75) is 18.0 Å². The van der Waals surface area contributed by atoms with Crippen molar-refractivity contribution in [1.29, 1.82) is 0 Å². The Hall–Kier alpha value is -2.75. The van der Waals surface area contributed by atoms with Crippen LogP contribution in [0.4, 0.5) is 24.5 Å². The first-order valence-electron chi connectivity index (χ1n) is 9.40. The van der Waals surface area contributed by atoms with Gasteiger partial charge in [0.15, 0.2) is 0 Å². The van der Waals surface area contributed by atoms with Crippen molar-refractivity contribution in [3.8, 4) is 0 Å². The van der Waals surface area contributed by atoms with Crippen molar-refractivity contribution >= 4 is 50.5 Å². The summed E-state index contributed by atoms with van der Waals surface area (Å²) in [6.07, 6.45) is -4.65. The van der Waals surface area contributed by atoms with Gasteiger partial charge in [-0.25, -0.2) is 8.42 Å². The minimum absolute atomic E-state index is 0.0772. The SMILES string of the molecule is Cc1ccc(N(CC(=O)Nc2cc(C(F)(F)F)ccc2Cl)S(=O)(=O)c2ccccc2)cc1Cl. The Morgan fingerprint density at radius 3 is 2.24 bits per heavy atom. The molecule has 174 valence electrons. The second-order valence-electron chi connectivity index (χ2n) is 7.00. The Labute approximate surface area is 198 Å². The van der Waals surface area contributed by atoms with Crippen LogP contribution >= 0.6 is 23.2 Å². The minimum atomic E-state index is -4.65. The molecule has 5 nitrogen and oxygen atoms in total. The normalized spacial score (nSPS) is 11.8. The van der Waals surface area contributed by atoms with Gasteiger partial charge in [-0.15, -0.1) is 0 Å².